The highest BCUT2D eigenvalue weighted by Gasteiger charge is 2.30. The lowest BCUT2D eigenvalue weighted by Crippen LogP contribution is -2.57. The Kier molecular flexibility index (Phi) is 14.8. The molecule has 1 heterocycles. The fourth-order valence-electron chi connectivity index (χ4n) is 3.52. The molecule has 14 nitrogen and oxygen atoms in total. The average molecular weight is 556 g/mol. The number of aliphatic carboxylic acids is 1. The van der Waals surface area contributed by atoms with Crippen molar-refractivity contribution in [3.8, 4) is 0 Å². The molecule has 3 amide bonds. The average Bonchev–Trinajstić information content (AvgIpc) is 3.35. The number of thioether (sulfide) groups is 1. The van der Waals surface area contributed by atoms with Crippen molar-refractivity contribution in [2.24, 2.45) is 28.1 Å². The highest BCUT2D eigenvalue weighted by molar-refractivity contribution is 7.98. The Hall–Kier alpha value is -3.33. The van der Waals surface area contributed by atoms with E-state index in [0.29, 0.717) is 17.9 Å². The summed E-state index contributed by atoms with van der Waals surface area (Å²) in [4.78, 5) is 61.3. The van der Waals surface area contributed by atoms with Gasteiger partial charge >= 0.3 is 5.97 Å². The number of guanidine groups is 1. The monoisotopic (exact) mass is 555 g/mol. The van der Waals surface area contributed by atoms with Gasteiger partial charge in [0, 0.05) is 24.9 Å². The third-order valence-corrected chi connectivity index (χ3v) is 6.12. The van der Waals surface area contributed by atoms with Crippen molar-refractivity contribution in [2.45, 2.75) is 70.1 Å². The standard InChI is InChI=1S/C23H41N9O5S/c1-13(2)9-18(21(35)31-17(22(36)37)6-8-38-3)32-20(34)16(5-4-7-28-23(25)26)30-19(33)15(24)10-14-11-27-12-29-14/h11-13,15-18H,4-10,24H2,1-3H3,(H,27,29)(H,30,33)(H,31,35)(H,32,34)(H,36,37)(H4,25,26,28). The number of aromatic amines is 1. The predicted molar refractivity (Wildman–Crippen MR) is 146 cm³/mol. The topological polar surface area (TPSA) is 244 Å². The SMILES string of the molecule is CSCCC(NC(=O)C(CC(C)C)NC(=O)C(CCCN=C(N)N)NC(=O)C(N)Cc1cnc[nH]1)C(=O)O. The van der Waals surface area contributed by atoms with Crippen LogP contribution in [0.2, 0.25) is 0 Å². The zero-order valence-corrected chi connectivity index (χ0v) is 22.9. The summed E-state index contributed by atoms with van der Waals surface area (Å²) in [5.41, 5.74) is 17.4. The number of imidazole rings is 1. The number of H-pyrrole nitrogens is 1. The molecule has 11 N–H and O–H groups in total. The molecule has 0 saturated heterocycles. The van der Waals surface area contributed by atoms with Gasteiger partial charge in [0.1, 0.15) is 18.1 Å². The van der Waals surface area contributed by atoms with Crippen molar-refractivity contribution in [2.75, 3.05) is 18.6 Å². The van der Waals surface area contributed by atoms with Gasteiger partial charge in [0.05, 0.1) is 12.4 Å². The van der Waals surface area contributed by atoms with Gasteiger partial charge in [0.2, 0.25) is 17.7 Å². The van der Waals surface area contributed by atoms with Crippen LogP contribution in [0.5, 0.6) is 0 Å². The molecule has 0 aromatic carbocycles. The van der Waals surface area contributed by atoms with Crippen LogP contribution < -0.4 is 33.2 Å². The largest absolute Gasteiger partial charge is 0.480 e. The summed E-state index contributed by atoms with van der Waals surface area (Å²) in [5.74, 6) is -2.47. The molecule has 4 atom stereocenters. The van der Waals surface area contributed by atoms with Crippen molar-refractivity contribution in [1.82, 2.24) is 25.9 Å². The summed E-state index contributed by atoms with van der Waals surface area (Å²) in [6.07, 6.45) is 6.07. The van der Waals surface area contributed by atoms with Crippen molar-refractivity contribution in [1.29, 1.82) is 0 Å². The lowest BCUT2D eigenvalue weighted by molar-refractivity contribution is -0.142. The fraction of sp³-hybridized carbons (Fsp3) is 0.652. The molecular formula is C23H41N9O5S. The van der Waals surface area contributed by atoms with Crippen LogP contribution in [0, 0.1) is 5.92 Å². The summed E-state index contributed by atoms with van der Waals surface area (Å²) < 4.78 is 0. The molecule has 0 radical (unpaired) electrons. The van der Waals surface area contributed by atoms with E-state index in [1.165, 1.54) is 18.1 Å². The predicted octanol–water partition coefficient (Wildman–Crippen LogP) is -1.33. The number of nitrogens with two attached hydrogens (primary N) is 3. The van der Waals surface area contributed by atoms with Crippen molar-refractivity contribution < 1.29 is 24.3 Å². The first-order chi connectivity index (χ1) is 17.9. The lowest BCUT2D eigenvalue weighted by Gasteiger charge is -2.26. The summed E-state index contributed by atoms with van der Waals surface area (Å²) >= 11 is 1.46. The maximum Gasteiger partial charge on any atom is 0.326 e. The number of carboxylic acids is 1. The molecular weight excluding hydrogens is 514 g/mol. The number of hydrogen-bond donors (Lipinski definition) is 8. The molecule has 0 aliphatic rings. The number of carbonyl (C=O) groups is 4. The lowest BCUT2D eigenvalue weighted by atomic mass is 10.0. The summed E-state index contributed by atoms with van der Waals surface area (Å²) in [6.45, 7) is 3.98. The molecule has 1 rings (SSSR count). The van der Waals surface area contributed by atoms with Crippen molar-refractivity contribution >= 4 is 41.4 Å². The van der Waals surface area contributed by atoms with Gasteiger partial charge in [-0.25, -0.2) is 9.78 Å². The molecule has 0 aliphatic heterocycles. The third-order valence-electron chi connectivity index (χ3n) is 5.48. The quantitative estimate of drug-likeness (QED) is 0.0602. The molecule has 1 aromatic rings. The molecule has 0 aliphatic carbocycles. The number of aromatic nitrogens is 2. The maximum atomic E-state index is 13.3. The minimum atomic E-state index is -1.15. The molecule has 0 saturated carbocycles. The second-order valence-electron chi connectivity index (χ2n) is 9.27. The van der Waals surface area contributed by atoms with E-state index in [4.69, 9.17) is 17.2 Å². The van der Waals surface area contributed by atoms with Crippen LogP contribution in [0.3, 0.4) is 0 Å². The first kappa shape index (κ1) is 32.7. The van der Waals surface area contributed by atoms with Crippen molar-refractivity contribution in [3.05, 3.63) is 18.2 Å². The van der Waals surface area contributed by atoms with Gasteiger partial charge in [-0.3, -0.25) is 19.4 Å². The summed E-state index contributed by atoms with van der Waals surface area (Å²) in [7, 11) is 0. The second-order valence-corrected chi connectivity index (χ2v) is 10.3. The van der Waals surface area contributed by atoms with Crippen LogP contribution >= 0.6 is 11.8 Å². The highest BCUT2D eigenvalue weighted by atomic mass is 32.2. The summed E-state index contributed by atoms with van der Waals surface area (Å²) in [6, 6.07) is -4.07. The van der Waals surface area contributed by atoms with Crippen molar-refractivity contribution in [3.63, 3.8) is 0 Å². The minimum absolute atomic E-state index is 0.0123. The van der Waals surface area contributed by atoms with Gasteiger partial charge in [-0.15, -0.1) is 0 Å². The molecule has 15 heteroatoms. The Morgan fingerprint density at radius 3 is 2.24 bits per heavy atom. The molecule has 0 spiro atoms. The number of carbonyl (C=O) groups excluding carboxylic acids is 3. The number of aliphatic imine (C=N–C) groups is 1. The van der Waals surface area contributed by atoms with E-state index < -0.39 is 47.9 Å². The maximum absolute atomic E-state index is 13.3. The number of nitrogens with one attached hydrogen (secondary N) is 4. The van der Waals surface area contributed by atoms with E-state index in [-0.39, 0.29) is 44.1 Å². The van der Waals surface area contributed by atoms with E-state index in [2.05, 4.69) is 30.9 Å². The molecule has 0 bridgehead atoms. The molecule has 1 aromatic heterocycles. The number of amides is 3. The van der Waals surface area contributed by atoms with E-state index in [1.807, 2.05) is 20.1 Å². The highest BCUT2D eigenvalue weighted by Crippen LogP contribution is 2.09. The Bertz CT molecular complexity index is 922. The number of hydrogen-bond acceptors (Lipinski definition) is 8. The van der Waals surface area contributed by atoms with E-state index in [9.17, 15) is 24.3 Å². The molecule has 0 fully saturated rings. The Labute approximate surface area is 226 Å². The third kappa shape index (κ3) is 12.8. The van der Waals surface area contributed by atoms with Crippen LogP contribution in [-0.2, 0) is 25.6 Å². The zero-order valence-electron chi connectivity index (χ0n) is 22.1. The van der Waals surface area contributed by atoms with Gasteiger partial charge in [0.25, 0.3) is 0 Å². The van der Waals surface area contributed by atoms with Gasteiger partial charge < -0.3 is 43.2 Å². The van der Waals surface area contributed by atoms with Gasteiger partial charge in [-0.1, -0.05) is 13.8 Å². The van der Waals surface area contributed by atoms with Crippen LogP contribution in [0.1, 0.15) is 45.2 Å². The second kappa shape index (κ2) is 17.2. The first-order valence-corrected chi connectivity index (χ1v) is 13.7. The number of carboxylic acid groups (broad SMARTS) is 1. The normalized spacial score (nSPS) is 14.1. The molecule has 214 valence electrons. The minimum Gasteiger partial charge on any atom is -0.480 e. The smallest absolute Gasteiger partial charge is 0.326 e. The Balaban J connectivity index is 2.99. The first-order valence-electron chi connectivity index (χ1n) is 12.4. The Morgan fingerprint density at radius 2 is 1.68 bits per heavy atom. The number of nitrogens with zero attached hydrogens (tertiary/aromatic N) is 2. The Morgan fingerprint density at radius 1 is 1.05 bits per heavy atom. The summed E-state index contributed by atoms with van der Waals surface area (Å²) in [5, 5.41) is 17.3. The fourth-order valence-corrected chi connectivity index (χ4v) is 3.99. The van der Waals surface area contributed by atoms with E-state index in [0.717, 1.165) is 0 Å². The van der Waals surface area contributed by atoms with E-state index >= 15 is 0 Å². The van der Waals surface area contributed by atoms with Gasteiger partial charge in [-0.05, 0) is 43.6 Å². The molecule has 38 heavy (non-hydrogen) atoms. The zero-order chi connectivity index (χ0) is 28.7. The van der Waals surface area contributed by atoms with Gasteiger partial charge in [0.15, 0.2) is 5.96 Å². The van der Waals surface area contributed by atoms with Crippen LogP contribution in [0.15, 0.2) is 17.5 Å². The van der Waals surface area contributed by atoms with Gasteiger partial charge in [-0.2, -0.15) is 11.8 Å². The van der Waals surface area contributed by atoms with Crippen LogP contribution in [0.4, 0.5) is 0 Å². The molecule has 4 unspecified atom stereocenters. The number of rotatable bonds is 18. The van der Waals surface area contributed by atoms with E-state index in [1.54, 1.807) is 6.20 Å². The van der Waals surface area contributed by atoms with Crippen LogP contribution in [-0.4, -0.2) is 87.4 Å². The van der Waals surface area contributed by atoms with Crippen LogP contribution in [0.25, 0.3) is 0 Å².